The van der Waals surface area contributed by atoms with Crippen molar-refractivity contribution in [3.63, 3.8) is 0 Å². The zero-order valence-corrected chi connectivity index (χ0v) is 13.0. The Morgan fingerprint density at radius 2 is 1.91 bits per heavy atom. The van der Waals surface area contributed by atoms with Gasteiger partial charge in [-0.3, -0.25) is 4.79 Å². The molecule has 0 unspecified atom stereocenters. The van der Waals surface area contributed by atoms with Crippen molar-refractivity contribution >= 4 is 11.9 Å². The van der Waals surface area contributed by atoms with E-state index in [0.29, 0.717) is 30.1 Å². The Labute approximate surface area is 129 Å². The number of nitrogens with one attached hydrogen (secondary N) is 1. The first-order valence-corrected chi connectivity index (χ1v) is 7.22. The molecule has 0 radical (unpaired) electrons. The normalized spacial score (nSPS) is 10.3. The number of aryl methyl sites for hydroxylation is 1. The summed E-state index contributed by atoms with van der Waals surface area (Å²) >= 11 is 0. The first-order chi connectivity index (χ1) is 10.6. The summed E-state index contributed by atoms with van der Waals surface area (Å²) in [4.78, 5) is 20.6. The van der Waals surface area contributed by atoms with E-state index < -0.39 is 0 Å². The van der Waals surface area contributed by atoms with Gasteiger partial charge >= 0.3 is 0 Å². The molecule has 2 rings (SSSR count). The Bertz CT molecular complexity index is 669. The van der Waals surface area contributed by atoms with Crippen molar-refractivity contribution in [2.45, 2.75) is 20.8 Å². The number of carbonyl (C=O) groups is 1. The first-order valence-electron chi connectivity index (χ1n) is 7.22. The number of rotatable bonds is 5. The number of nitrogens with two attached hydrogens (primary N) is 1. The first kappa shape index (κ1) is 15.8. The molecule has 116 valence electrons. The number of hydrogen-bond donors (Lipinski definition) is 2. The van der Waals surface area contributed by atoms with Gasteiger partial charge in [0.25, 0.3) is 5.91 Å². The van der Waals surface area contributed by atoms with E-state index in [1.165, 1.54) is 0 Å². The lowest BCUT2D eigenvalue weighted by Crippen LogP contribution is -2.25. The third-order valence-electron chi connectivity index (χ3n) is 3.11. The lowest BCUT2D eigenvalue weighted by molar-refractivity contribution is 0.0955. The van der Waals surface area contributed by atoms with Gasteiger partial charge in [0.05, 0.1) is 23.6 Å². The van der Waals surface area contributed by atoms with Gasteiger partial charge in [-0.05, 0) is 45.0 Å². The van der Waals surface area contributed by atoms with Crippen molar-refractivity contribution in [3.8, 4) is 17.0 Å². The monoisotopic (exact) mass is 300 g/mol. The molecular formula is C16H20N4O2. The minimum Gasteiger partial charge on any atom is -0.494 e. The topological polar surface area (TPSA) is 90.1 Å². The highest BCUT2D eigenvalue weighted by Gasteiger charge is 2.18. The van der Waals surface area contributed by atoms with E-state index in [0.717, 1.165) is 11.3 Å². The molecule has 0 aliphatic heterocycles. The summed E-state index contributed by atoms with van der Waals surface area (Å²) < 4.78 is 5.42. The number of benzene rings is 1. The molecule has 1 aromatic carbocycles. The van der Waals surface area contributed by atoms with Crippen LogP contribution in [-0.2, 0) is 0 Å². The SMILES string of the molecule is CCNC(=O)c1c(C)nc(N)nc1-c1ccc(OCC)cc1. The van der Waals surface area contributed by atoms with Crippen LogP contribution in [-0.4, -0.2) is 29.0 Å². The number of amides is 1. The Kier molecular flexibility index (Phi) is 4.93. The highest BCUT2D eigenvalue weighted by atomic mass is 16.5. The van der Waals surface area contributed by atoms with Crippen molar-refractivity contribution in [2.75, 3.05) is 18.9 Å². The average molecular weight is 300 g/mol. The lowest BCUT2D eigenvalue weighted by atomic mass is 10.0. The van der Waals surface area contributed by atoms with Gasteiger partial charge in [-0.15, -0.1) is 0 Å². The van der Waals surface area contributed by atoms with Gasteiger partial charge in [0.1, 0.15) is 5.75 Å². The van der Waals surface area contributed by atoms with Crippen LogP contribution in [0.25, 0.3) is 11.3 Å². The van der Waals surface area contributed by atoms with E-state index in [4.69, 9.17) is 10.5 Å². The van der Waals surface area contributed by atoms with Crippen LogP contribution in [0.3, 0.4) is 0 Å². The number of anilines is 1. The van der Waals surface area contributed by atoms with E-state index in [1.54, 1.807) is 6.92 Å². The molecular weight excluding hydrogens is 280 g/mol. The highest BCUT2D eigenvalue weighted by Crippen LogP contribution is 2.26. The Hall–Kier alpha value is -2.63. The number of carbonyl (C=O) groups excluding carboxylic acids is 1. The zero-order chi connectivity index (χ0) is 16.1. The van der Waals surface area contributed by atoms with Crippen molar-refractivity contribution in [2.24, 2.45) is 0 Å². The molecule has 1 aromatic heterocycles. The largest absolute Gasteiger partial charge is 0.494 e. The average Bonchev–Trinajstić information content (AvgIpc) is 2.47. The molecule has 6 heteroatoms. The summed E-state index contributed by atoms with van der Waals surface area (Å²) in [6.07, 6.45) is 0. The molecule has 6 nitrogen and oxygen atoms in total. The van der Waals surface area contributed by atoms with Crippen LogP contribution >= 0.6 is 0 Å². The molecule has 0 aliphatic rings. The maximum absolute atomic E-state index is 12.3. The molecule has 1 heterocycles. The minimum absolute atomic E-state index is 0.148. The van der Waals surface area contributed by atoms with E-state index in [2.05, 4.69) is 15.3 Å². The molecule has 0 saturated heterocycles. The fourth-order valence-electron chi connectivity index (χ4n) is 2.20. The fraction of sp³-hybridized carbons (Fsp3) is 0.312. The molecule has 0 spiro atoms. The van der Waals surface area contributed by atoms with E-state index >= 15 is 0 Å². The maximum Gasteiger partial charge on any atom is 0.255 e. The zero-order valence-electron chi connectivity index (χ0n) is 13.0. The molecule has 0 atom stereocenters. The van der Waals surface area contributed by atoms with Crippen LogP contribution in [0.4, 0.5) is 5.95 Å². The summed E-state index contributed by atoms with van der Waals surface area (Å²) in [5.74, 6) is 0.711. The van der Waals surface area contributed by atoms with Crippen molar-refractivity contribution in [1.29, 1.82) is 0 Å². The summed E-state index contributed by atoms with van der Waals surface area (Å²) in [5, 5.41) is 2.78. The third-order valence-corrected chi connectivity index (χ3v) is 3.11. The number of ether oxygens (including phenoxy) is 1. The Balaban J connectivity index is 2.50. The van der Waals surface area contributed by atoms with Gasteiger partial charge in [0, 0.05) is 12.1 Å². The van der Waals surface area contributed by atoms with Crippen LogP contribution in [0.15, 0.2) is 24.3 Å². The highest BCUT2D eigenvalue weighted by molar-refractivity contribution is 6.01. The van der Waals surface area contributed by atoms with E-state index in [-0.39, 0.29) is 11.9 Å². The number of aromatic nitrogens is 2. The Morgan fingerprint density at radius 3 is 2.50 bits per heavy atom. The van der Waals surface area contributed by atoms with Crippen molar-refractivity contribution < 1.29 is 9.53 Å². The predicted molar refractivity (Wildman–Crippen MR) is 85.8 cm³/mol. The molecule has 0 fully saturated rings. The molecule has 0 bridgehead atoms. The van der Waals surface area contributed by atoms with Gasteiger partial charge in [0.15, 0.2) is 0 Å². The summed E-state index contributed by atoms with van der Waals surface area (Å²) in [7, 11) is 0. The summed E-state index contributed by atoms with van der Waals surface area (Å²) in [6, 6.07) is 7.39. The second kappa shape index (κ2) is 6.89. The van der Waals surface area contributed by atoms with Crippen LogP contribution in [0.5, 0.6) is 5.75 Å². The Morgan fingerprint density at radius 1 is 1.23 bits per heavy atom. The fourth-order valence-corrected chi connectivity index (χ4v) is 2.20. The van der Waals surface area contributed by atoms with Gasteiger partial charge in [-0.25, -0.2) is 9.97 Å². The van der Waals surface area contributed by atoms with Crippen molar-refractivity contribution in [3.05, 3.63) is 35.5 Å². The predicted octanol–water partition coefficient (Wildman–Crippen LogP) is 2.18. The molecule has 0 saturated carbocycles. The van der Waals surface area contributed by atoms with E-state index in [1.807, 2.05) is 38.1 Å². The van der Waals surface area contributed by atoms with Crippen LogP contribution in [0.2, 0.25) is 0 Å². The quantitative estimate of drug-likeness (QED) is 0.883. The second-order valence-electron chi connectivity index (χ2n) is 4.71. The minimum atomic E-state index is -0.205. The van der Waals surface area contributed by atoms with Gasteiger partial charge in [0.2, 0.25) is 5.95 Å². The van der Waals surface area contributed by atoms with Gasteiger partial charge in [-0.2, -0.15) is 0 Å². The van der Waals surface area contributed by atoms with Crippen LogP contribution < -0.4 is 15.8 Å². The maximum atomic E-state index is 12.3. The molecule has 22 heavy (non-hydrogen) atoms. The van der Waals surface area contributed by atoms with E-state index in [9.17, 15) is 4.79 Å². The molecule has 1 amide bonds. The summed E-state index contributed by atoms with van der Waals surface area (Å²) in [5.41, 5.74) is 8.06. The smallest absolute Gasteiger partial charge is 0.255 e. The summed E-state index contributed by atoms with van der Waals surface area (Å²) in [6.45, 7) is 6.67. The molecule has 0 aliphatic carbocycles. The van der Waals surface area contributed by atoms with Gasteiger partial charge in [-0.1, -0.05) is 0 Å². The lowest BCUT2D eigenvalue weighted by Gasteiger charge is -2.12. The van der Waals surface area contributed by atoms with Crippen molar-refractivity contribution in [1.82, 2.24) is 15.3 Å². The number of nitrogen functional groups attached to an aromatic ring is 1. The number of nitrogens with zero attached hydrogens (tertiary/aromatic N) is 2. The molecule has 3 N–H and O–H groups in total. The molecule has 2 aromatic rings. The number of hydrogen-bond acceptors (Lipinski definition) is 5. The van der Waals surface area contributed by atoms with Gasteiger partial charge < -0.3 is 15.8 Å². The van der Waals surface area contributed by atoms with Crippen LogP contribution in [0, 0.1) is 6.92 Å². The third kappa shape index (κ3) is 3.33. The van der Waals surface area contributed by atoms with Crippen LogP contribution in [0.1, 0.15) is 29.9 Å². The standard InChI is InChI=1S/C16H20N4O2/c1-4-18-15(21)13-10(3)19-16(17)20-14(13)11-6-8-12(9-7-11)22-5-2/h6-9H,4-5H2,1-3H3,(H,18,21)(H2,17,19,20). The second-order valence-corrected chi connectivity index (χ2v) is 4.71.